The van der Waals surface area contributed by atoms with E-state index in [1.165, 1.54) is 18.0 Å². The van der Waals surface area contributed by atoms with E-state index in [4.69, 9.17) is 11.6 Å². The molecule has 7 nitrogen and oxygen atoms in total. The fourth-order valence-electron chi connectivity index (χ4n) is 3.95. The zero-order valence-electron chi connectivity index (χ0n) is 20.8. The van der Waals surface area contributed by atoms with E-state index in [-0.39, 0.29) is 17.3 Å². The van der Waals surface area contributed by atoms with Crippen LogP contribution >= 0.6 is 11.6 Å². The molecule has 0 aliphatic rings. The average Bonchev–Trinajstić information content (AvgIpc) is 2.87. The summed E-state index contributed by atoms with van der Waals surface area (Å²) < 4.78 is 27.6. The van der Waals surface area contributed by atoms with Gasteiger partial charge in [0.2, 0.25) is 21.8 Å². The van der Waals surface area contributed by atoms with Gasteiger partial charge in [-0.2, -0.15) is 4.31 Å². The van der Waals surface area contributed by atoms with Crippen LogP contribution in [0.3, 0.4) is 0 Å². The Hall–Kier alpha value is -2.94. The van der Waals surface area contributed by atoms with Crippen LogP contribution in [0.15, 0.2) is 71.6 Å². The lowest BCUT2D eigenvalue weighted by Gasteiger charge is -2.32. The molecule has 1 atom stereocenters. The molecule has 9 heteroatoms. The number of rotatable bonds is 11. The first-order valence-corrected chi connectivity index (χ1v) is 13.8. The molecule has 0 aliphatic carbocycles. The predicted molar refractivity (Wildman–Crippen MR) is 143 cm³/mol. The number of likely N-dealkylation sites (N-methyl/N-ethyl adjacent to an activating group) is 1. The first-order valence-electron chi connectivity index (χ1n) is 11.9. The third-order valence-corrected chi connectivity index (χ3v) is 8.04. The Morgan fingerprint density at radius 1 is 0.972 bits per heavy atom. The molecule has 3 rings (SSSR count). The van der Waals surface area contributed by atoms with Gasteiger partial charge in [-0.3, -0.25) is 9.59 Å². The molecule has 1 N–H and O–H groups in total. The van der Waals surface area contributed by atoms with Crippen molar-refractivity contribution in [1.82, 2.24) is 14.5 Å². The fraction of sp³-hybridized carbons (Fsp3) is 0.333. The number of benzene rings is 3. The van der Waals surface area contributed by atoms with Crippen molar-refractivity contribution in [2.75, 3.05) is 20.1 Å². The van der Waals surface area contributed by atoms with Crippen molar-refractivity contribution in [3.8, 4) is 0 Å². The molecule has 0 saturated heterocycles. The average molecular weight is 530 g/mol. The quantitative estimate of drug-likeness (QED) is 0.397. The van der Waals surface area contributed by atoms with Crippen molar-refractivity contribution >= 4 is 44.2 Å². The number of sulfonamides is 1. The van der Waals surface area contributed by atoms with Crippen LogP contribution in [0.1, 0.15) is 32.3 Å². The third kappa shape index (κ3) is 6.63. The number of amides is 2. The molecule has 0 radical (unpaired) electrons. The molecule has 2 amide bonds. The summed E-state index contributed by atoms with van der Waals surface area (Å²) in [5.41, 5.74) is 0.787. The SMILES string of the molecule is CCCNC(=O)C(CC)N(Cc1ccc(Cl)cc1)C(=O)CN(C)S(=O)(=O)c1ccc2ccccc2c1. The van der Waals surface area contributed by atoms with Crippen molar-refractivity contribution < 1.29 is 18.0 Å². The Morgan fingerprint density at radius 3 is 2.28 bits per heavy atom. The number of nitrogens with one attached hydrogen (secondary N) is 1. The second kappa shape index (κ2) is 12.3. The van der Waals surface area contributed by atoms with Crippen molar-refractivity contribution in [2.45, 2.75) is 44.2 Å². The summed E-state index contributed by atoms with van der Waals surface area (Å²) in [6, 6.07) is 18.6. The minimum Gasteiger partial charge on any atom is -0.354 e. The van der Waals surface area contributed by atoms with E-state index in [1.807, 2.05) is 38.1 Å². The molecule has 0 saturated carbocycles. The Balaban J connectivity index is 1.86. The van der Waals surface area contributed by atoms with Gasteiger partial charge in [-0.1, -0.05) is 67.9 Å². The first kappa shape index (κ1) is 27.6. The number of halogens is 1. The molecule has 3 aromatic rings. The maximum atomic E-state index is 13.5. The molecule has 3 aromatic carbocycles. The fourth-order valence-corrected chi connectivity index (χ4v) is 5.23. The number of nitrogens with zero attached hydrogens (tertiary/aromatic N) is 2. The van der Waals surface area contributed by atoms with Gasteiger partial charge >= 0.3 is 0 Å². The second-order valence-electron chi connectivity index (χ2n) is 8.63. The summed E-state index contributed by atoms with van der Waals surface area (Å²) in [6.07, 6.45) is 1.15. The molecule has 1 unspecified atom stereocenters. The highest BCUT2D eigenvalue weighted by Gasteiger charge is 2.31. The highest BCUT2D eigenvalue weighted by Crippen LogP contribution is 2.22. The number of carbonyl (C=O) groups excluding carboxylic acids is 2. The highest BCUT2D eigenvalue weighted by atomic mass is 35.5. The highest BCUT2D eigenvalue weighted by molar-refractivity contribution is 7.89. The van der Waals surface area contributed by atoms with E-state index in [0.717, 1.165) is 27.1 Å². The predicted octanol–water partition coefficient (Wildman–Crippen LogP) is 4.45. The van der Waals surface area contributed by atoms with Crippen molar-refractivity contribution in [3.05, 3.63) is 77.3 Å². The molecule has 36 heavy (non-hydrogen) atoms. The summed E-state index contributed by atoms with van der Waals surface area (Å²) in [4.78, 5) is 28.0. The topological polar surface area (TPSA) is 86.8 Å². The molecular formula is C27H32ClN3O4S. The van der Waals surface area contributed by atoms with Crippen LogP contribution in [0.4, 0.5) is 0 Å². The van der Waals surface area contributed by atoms with E-state index in [2.05, 4.69) is 5.32 Å². The Morgan fingerprint density at radius 2 is 1.64 bits per heavy atom. The van der Waals surface area contributed by atoms with Crippen molar-refractivity contribution in [3.63, 3.8) is 0 Å². The van der Waals surface area contributed by atoms with Gasteiger partial charge in [0.15, 0.2) is 0 Å². The number of fused-ring (bicyclic) bond motifs is 1. The van der Waals surface area contributed by atoms with Gasteiger partial charge in [-0.15, -0.1) is 0 Å². The first-order chi connectivity index (χ1) is 17.2. The Labute approximate surface area is 218 Å². The zero-order valence-corrected chi connectivity index (χ0v) is 22.3. The lowest BCUT2D eigenvalue weighted by atomic mass is 10.1. The standard InChI is InChI=1S/C27H32ClN3O4S/c1-4-16-29-27(33)25(5-2)31(18-20-10-13-23(28)14-11-20)26(32)19-30(3)36(34,35)24-15-12-21-8-6-7-9-22(21)17-24/h6-15,17,25H,4-5,16,18-19H2,1-3H3,(H,29,33). The Bertz CT molecular complexity index is 1310. The molecule has 0 fully saturated rings. The molecule has 0 aliphatic heterocycles. The number of hydrogen-bond donors (Lipinski definition) is 1. The largest absolute Gasteiger partial charge is 0.354 e. The van der Waals surface area contributed by atoms with E-state index >= 15 is 0 Å². The van der Waals surface area contributed by atoms with Gasteiger partial charge in [0.05, 0.1) is 11.4 Å². The van der Waals surface area contributed by atoms with Crippen molar-refractivity contribution in [2.24, 2.45) is 0 Å². The maximum absolute atomic E-state index is 13.5. The smallest absolute Gasteiger partial charge is 0.243 e. The van der Waals surface area contributed by atoms with Gasteiger partial charge in [-0.05, 0) is 53.4 Å². The summed E-state index contributed by atoms with van der Waals surface area (Å²) >= 11 is 6.00. The third-order valence-electron chi connectivity index (χ3n) is 5.99. The van der Waals surface area contributed by atoms with Crippen LogP contribution in [0.5, 0.6) is 0 Å². The van der Waals surface area contributed by atoms with E-state index in [9.17, 15) is 18.0 Å². The molecule has 192 valence electrons. The Kier molecular flexibility index (Phi) is 9.48. The van der Waals surface area contributed by atoms with E-state index in [1.54, 1.807) is 36.4 Å². The summed E-state index contributed by atoms with van der Waals surface area (Å²) in [7, 11) is -2.56. The van der Waals surface area contributed by atoms with Gasteiger partial charge < -0.3 is 10.2 Å². The van der Waals surface area contributed by atoms with Gasteiger partial charge in [0, 0.05) is 25.2 Å². The number of hydrogen-bond acceptors (Lipinski definition) is 4. The van der Waals surface area contributed by atoms with Crippen LogP contribution in [-0.4, -0.2) is 55.6 Å². The normalized spacial score (nSPS) is 12.5. The van der Waals surface area contributed by atoms with E-state index in [0.29, 0.717) is 18.0 Å². The summed E-state index contributed by atoms with van der Waals surface area (Å²) in [5.74, 6) is -0.725. The molecular weight excluding hydrogens is 498 g/mol. The van der Waals surface area contributed by atoms with Crippen LogP contribution in [0.25, 0.3) is 10.8 Å². The zero-order chi connectivity index (χ0) is 26.3. The van der Waals surface area contributed by atoms with Crippen LogP contribution in [0.2, 0.25) is 5.02 Å². The molecule has 0 aromatic heterocycles. The van der Waals surface area contributed by atoms with Crippen LogP contribution in [0, 0.1) is 0 Å². The minimum atomic E-state index is -3.94. The van der Waals surface area contributed by atoms with E-state index < -0.39 is 28.5 Å². The molecule has 0 bridgehead atoms. The second-order valence-corrected chi connectivity index (χ2v) is 11.1. The molecule has 0 spiro atoms. The molecule has 0 heterocycles. The lowest BCUT2D eigenvalue weighted by molar-refractivity contribution is -0.141. The summed E-state index contributed by atoms with van der Waals surface area (Å²) in [5, 5.41) is 5.13. The van der Waals surface area contributed by atoms with Crippen molar-refractivity contribution in [1.29, 1.82) is 0 Å². The van der Waals surface area contributed by atoms with Gasteiger partial charge in [-0.25, -0.2) is 8.42 Å². The monoisotopic (exact) mass is 529 g/mol. The van der Waals surface area contributed by atoms with Crippen LogP contribution in [-0.2, 0) is 26.2 Å². The lowest BCUT2D eigenvalue weighted by Crippen LogP contribution is -2.51. The van der Waals surface area contributed by atoms with Crippen LogP contribution < -0.4 is 5.32 Å². The van der Waals surface area contributed by atoms with Gasteiger partial charge in [0.1, 0.15) is 6.04 Å². The number of carbonyl (C=O) groups is 2. The maximum Gasteiger partial charge on any atom is 0.243 e. The summed E-state index contributed by atoms with van der Waals surface area (Å²) in [6.45, 7) is 4.02. The minimum absolute atomic E-state index is 0.105. The van der Waals surface area contributed by atoms with Gasteiger partial charge in [0.25, 0.3) is 0 Å².